The Kier molecular flexibility index (Phi) is 5.82. The molecule has 6 heteroatoms. The van der Waals surface area contributed by atoms with E-state index in [1.54, 1.807) is 6.20 Å². The molecule has 0 saturated carbocycles. The summed E-state index contributed by atoms with van der Waals surface area (Å²) in [7, 11) is 0. The number of morpholine rings is 1. The summed E-state index contributed by atoms with van der Waals surface area (Å²) in [6, 6.07) is 18.4. The molecule has 6 nitrogen and oxygen atoms in total. The lowest BCUT2D eigenvalue weighted by Crippen LogP contribution is -2.39. The molecule has 4 aromatic rings. The number of hydrogen-bond acceptors (Lipinski definition) is 6. The van der Waals surface area contributed by atoms with Crippen LogP contribution in [0.3, 0.4) is 0 Å². The van der Waals surface area contributed by atoms with E-state index in [2.05, 4.69) is 38.4 Å². The lowest BCUT2D eigenvalue weighted by Gasteiger charge is -2.27. The van der Waals surface area contributed by atoms with Crippen molar-refractivity contribution in [1.82, 2.24) is 19.9 Å². The SMILES string of the molecule is c1ccc(-c2nc3ncccc3c(NCCN3CCOCC3)c2-c2ccncc2)cc1. The lowest BCUT2D eigenvalue weighted by molar-refractivity contribution is 0.0398. The van der Waals surface area contributed by atoms with Crippen LogP contribution < -0.4 is 5.32 Å². The summed E-state index contributed by atoms with van der Waals surface area (Å²) >= 11 is 0. The van der Waals surface area contributed by atoms with Crippen molar-refractivity contribution in [3.63, 3.8) is 0 Å². The quantitative estimate of drug-likeness (QED) is 0.515. The Morgan fingerprint density at radius 3 is 2.48 bits per heavy atom. The maximum Gasteiger partial charge on any atom is 0.161 e. The first-order valence-corrected chi connectivity index (χ1v) is 10.7. The van der Waals surface area contributed by atoms with Crippen molar-refractivity contribution in [3.8, 4) is 22.4 Å². The summed E-state index contributed by atoms with van der Waals surface area (Å²) in [5.41, 5.74) is 5.96. The zero-order valence-corrected chi connectivity index (χ0v) is 17.4. The van der Waals surface area contributed by atoms with Crippen LogP contribution in [0.2, 0.25) is 0 Å². The molecule has 0 unspecified atom stereocenters. The Bertz CT molecular complexity index is 1140. The van der Waals surface area contributed by atoms with Crippen LogP contribution in [0.15, 0.2) is 73.2 Å². The highest BCUT2D eigenvalue weighted by atomic mass is 16.5. The molecule has 0 radical (unpaired) electrons. The molecule has 4 heterocycles. The molecule has 0 aliphatic carbocycles. The number of fused-ring (bicyclic) bond motifs is 1. The molecule has 1 fully saturated rings. The number of hydrogen-bond donors (Lipinski definition) is 1. The number of ether oxygens (including phenoxy) is 1. The maximum absolute atomic E-state index is 5.48. The van der Waals surface area contributed by atoms with Crippen LogP contribution in [-0.4, -0.2) is 59.2 Å². The van der Waals surface area contributed by atoms with Crippen molar-refractivity contribution in [2.24, 2.45) is 0 Å². The first kappa shape index (κ1) is 19.6. The van der Waals surface area contributed by atoms with Crippen molar-refractivity contribution < 1.29 is 4.74 Å². The van der Waals surface area contributed by atoms with Gasteiger partial charge in [-0.15, -0.1) is 0 Å². The zero-order valence-electron chi connectivity index (χ0n) is 17.4. The lowest BCUT2D eigenvalue weighted by atomic mass is 9.96. The van der Waals surface area contributed by atoms with Gasteiger partial charge in [0.1, 0.15) is 0 Å². The minimum atomic E-state index is 0.744. The number of anilines is 1. The van der Waals surface area contributed by atoms with Crippen LogP contribution in [0.5, 0.6) is 0 Å². The van der Waals surface area contributed by atoms with E-state index in [1.807, 2.05) is 48.8 Å². The van der Waals surface area contributed by atoms with Crippen LogP contribution >= 0.6 is 0 Å². The number of aromatic nitrogens is 3. The summed E-state index contributed by atoms with van der Waals surface area (Å²) < 4.78 is 5.48. The molecule has 0 spiro atoms. The molecule has 1 aromatic carbocycles. The minimum absolute atomic E-state index is 0.744. The number of nitrogens with zero attached hydrogens (tertiary/aromatic N) is 4. The van der Waals surface area contributed by atoms with E-state index in [-0.39, 0.29) is 0 Å². The predicted octanol–water partition coefficient (Wildman–Crippen LogP) is 4.10. The van der Waals surface area contributed by atoms with Crippen molar-refractivity contribution in [3.05, 3.63) is 73.2 Å². The average molecular weight is 412 g/mol. The van der Waals surface area contributed by atoms with E-state index in [0.717, 1.165) is 78.5 Å². The van der Waals surface area contributed by atoms with Crippen molar-refractivity contribution in [2.75, 3.05) is 44.7 Å². The van der Waals surface area contributed by atoms with Crippen LogP contribution in [0, 0.1) is 0 Å². The van der Waals surface area contributed by atoms with Crippen molar-refractivity contribution in [2.45, 2.75) is 0 Å². The summed E-state index contributed by atoms with van der Waals surface area (Å²) in [6.45, 7) is 5.37. The van der Waals surface area contributed by atoms with Gasteiger partial charge in [0.15, 0.2) is 5.65 Å². The second kappa shape index (κ2) is 9.20. The molecular weight excluding hydrogens is 386 g/mol. The molecular formula is C25H25N5O. The third-order valence-corrected chi connectivity index (χ3v) is 5.61. The molecule has 1 saturated heterocycles. The molecule has 0 amide bonds. The number of benzene rings is 1. The standard InChI is InChI=1S/C25H25N5O/c1-2-5-20(6-3-1)23-22(19-8-11-26-12-9-19)24(21-7-4-10-28-25(21)29-23)27-13-14-30-15-17-31-18-16-30/h1-12H,13-18H2,(H,27,28,29). The van der Waals surface area contributed by atoms with Gasteiger partial charge in [-0.1, -0.05) is 30.3 Å². The van der Waals surface area contributed by atoms with E-state index in [0.29, 0.717) is 0 Å². The predicted molar refractivity (Wildman–Crippen MR) is 124 cm³/mol. The van der Waals surface area contributed by atoms with Gasteiger partial charge in [-0.25, -0.2) is 9.97 Å². The second-order valence-electron chi connectivity index (χ2n) is 7.57. The molecule has 31 heavy (non-hydrogen) atoms. The summed E-state index contributed by atoms with van der Waals surface area (Å²) in [5.74, 6) is 0. The Morgan fingerprint density at radius 1 is 0.871 bits per heavy atom. The van der Waals surface area contributed by atoms with Crippen LogP contribution in [-0.2, 0) is 4.74 Å². The molecule has 0 atom stereocenters. The molecule has 0 bridgehead atoms. The van der Waals surface area contributed by atoms with Gasteiger partial charge in [0.25, 0.3) is 0 Å². The first-order chi connectivity index (χ1) is 15.4. The van der Waals surface area contributed by atoms with Crippen LogP contribution in [0.4, 0.5) is 5.69 Å². The molecule has 5 rings (SSSR count). The summed E-state index contributed by atoms with van der Waals surface area (Å²) in [6.07, 6.45) is 5.46. The molecule has 1 aliphatic heterocycles. The largest absolute Gasteiger partial charge is 0.383 e. The van der Waals surface area contributed by atoms with Gasteiger partial charge in [0.2, 0.25) is 0 Å². The van der Waals surface area contributed by atoms with Gasteiger partial charge in [-0.3, -0.25) is 9.88 Å². The third-order valence-electron chi connectivity index (χ3n) is 5.61. The third kappa shape index (κ3) is 4.26. The van der Waals surface area contributed by atoms with Crippen molar-refractivity contribution in [1.29, 1.82) is 0 Å². The molecule has 156 valence electrons. The highest BCUT2D eigenvalue weighted by Gasteiger charge is 2.19. The monoisotopic (exact) mass is 411 g/mol. The van der Waals surface area contributed by atoms with Gasteiger partial charge in [0.05, 0.1) is 24.6 Å². The van der Waals surface area contributed by atoms with Gasteiger partial charge in [-0.2, -0.15) is 0 Å². The van der Waals surface area contributed by atoms with Crippen LogP contribution in [0.1, 0.15) is 0 Å². The number of nitrogens with one attached hydrogen (secondary N) is 1. The van der Waals surface area contributed by atoms with E-state index < -0.39 is 0 Å². The van der Waals surface area contributed by atoms with Crippen molar-refractivity contribution >= 4 is 16.7 Å². The van der Waals surface area contributed by atoms with E-state index in [4.69, 9.17) is 9.72 Å². The van der Waals surface area contributed by atoms with Gasteiger partial charge in [-0.05, 0) is 29.8 Å². The Balaban J connectivity index is 1.62. The van der Waals surface area contributed by atoms with Gasteiger partial charge >= 0.3 is 0 Å². The molecule has 1 aliphatic rings. The second-order valence-corrected chi connectivity index (χ2v) is 7.57. The Morgan fingerprint density at radius 2 is 1.68 bits per heavy atom. The highest BCUT2D eigenvalue weighted by Crippen LogP contribution is 2.40. The summed E-state index contributed by atoms with van der Waals surface area (Å²) in [5, 5.41) is 4.75. The molecule has 1 N–H and O–H groups in total. The summed E-state index contributed by atoms with van der Waals surface area (Å²) in [4.78, 5) is 16.2. The fourth-order valence-electron chi connectivity index (χ4n) is 4.05. The van der Waals surface area contributed by atoms with E-state index >= 15 is 0 Å². The number of pyridine rings is 3. The van der Waals surface area contributed by atoms with Crippen LogP contribution in [0.25, 0.3) is 33.4 Å². The fraction of sp³-hybridized carbons (Fsp3) is 0.240. The Labute approximate surface area is 181 Å². The van der Waals surface area contributed by atoms with Gasteiger partial charge < -0.3 is 10.1 Å². The van der Waals surface area contributed by atoms with E-state index in [9.17, 15) is 0 Å². The van der Waals surface area contributed by atoms with E-state index in [1.165, 1.54) is 0 Å². The minimum Gasteiger partial charge on any atom is -0.383 e. The maximum atomic E-state index is 5.48. The molecule has 3 aromatic heterocycles. The highest BCUT2D eigenvalue weighted by molar-refractivity contribution is 6.03. The average Bonchev–Trinajstić information content (AvgIpc) is 2.85. The topological polar surface area (TPSA) is 63.2 Å². The Hall–Kier alpha value is -3.35. The zero-order chi connectivity index (χ0) is 20.9. The smallest absolute Gasteiger partial charge is 0.161 e. The fourth-order valence-corrected chi connectivity index (χ4v) is 4.05. The first-order valence-electron chi connectivity index (χ1n) is 10.7. The number of rotatable bonds is 6. The van der Waals surface area contributed by atoms with Gasteiger partial charge in [0, 0.05) is 61.3 Å². The normalized spacial score (nSPS) is 14.6.